The van der Waals surface area contributed by atoms with Gasteiger partial charge in [-0.25, -0.2) is 4.99 Å². The normalized spacial score (nSPS) is 15.3. The van der Waals surface area contributed by atoms with Crippen LogP contribution in [0.3, 0.4) is 0 Å². The number of hydrogen-bond acceptors (Lipinski definition) is 7. The number of methoxy groups -OCH3 is 2. The number of nitrogens with zero attached hydrogens (tertiary/aromatic N) is 2. The van der Waals surface area contributed by atoms with E-state index in [1.807, 2.05) is 30.3 Å². The molecule has 138 valence electrons. The van der Waals surface area contributed by atoms with Gasteiger partial charge in [0.05, 0.1) is 20.4 Å². The average molecular weight is 446 g/mol. The molecule has 1 aliphatic heterocycles. The highest BCUT2D eigenvalue weighted by Crippen LogP contribution is 2.27. The minimum absolute atomic E-state index is 0.123. The van der Waals surface area contributed by atoms with Gasteiger partial charge in [0.25, 0.3) is 0 Å². The maximum absolute atomic E-state index is 12.1. The molecule has 0 aromatic heterocycles. The van der Waals surface area contributed by atoms with E-state index in [-0.39, 0.29) is 5.12 Å². The molecule has 0 bridgehead atoms. The van der Waals surface area contributed by atoms with Gasteiger partial charge in [-0.05, 0) is 59.3 Å². The van der Waals surface area contributed by atoms with Crippen LogP contribution in [0.5, 0.6) is 11.5 Å². The van der Waals surface area contributed by atoms with Crippen molar-refractivity contribution in [2.45, 2.75) is 0 Å². The van der Waals surface area contributed by atoms with Crippen molar-refractivity contribution in [1.29, 1.82) is 0 Å². The van der Waals surface area contributed by atoms with Gasteiger partial charge in [-0.15, -0.1) is 0 Å². The Balaban J connectivity index is 1.68. The lowest BCUT2D eigenvalue weighted by Crippen LogP contribution is -2.11. The Morgan fingerprint density at radius 2 is 1.78 bits per heavy atom. The van der Waals surface area contributed by atoms with Gasteiger partial charge in [-0.2, -0.15) is 5.10 Å². The number of carbonyl (C=O) groups excluding carboxylic acids is 1. The van der Waals surface area contributed by atoms with Gasteiger partial charge >= 0.3 is 0 Å². The molecule has 0 atom stereocenters. The topological polar surface area (TPSA) is 72.3 Å². The third kappa shape index (κ3) is 4.99. The Morgan fingerprint density at radius 3 is 2.48 bits per heavy atom. The number of amidine groups is 1. The van der Waals surface area contributed by atoms with Crippen molar-refractivity contribution in [2.75, 3.05) is 14.2 Å². The Morgan fingerprint density at radius 1 is 1.07 bits per heavy atom. The van der Waals surface area contributed by atoms with E-state index in [0.717, 1.165) is 27.4 Å². The summed E-state index contributed by atoms with van der Waals surface area (Å²) < 4.78 is 11.4. The molecular weight excluding hydrogens is 430 g/mol. The number of aliphatic imine (C=N–C) groups is 1. The van der Waals surface area contributed by atoms with Gasteiger partial charge in [-0.3, -0.25) is 10.2 Å². The number of nitrogens with one attached hydrogen (secondary N) is 1. The van der Waals surface area contributed by atoms with E-state index in [9.17, 15) is 4.79 Å². The number of hydrazone groups is 1. The number of ether oxygens (including phenoxy) is 2. The fourth-order valence-electron chi connectivity index (χ4n) is 2.27. The molecule has 0 amide bonds. The van der Waals surface area contributed by atoms with Gasteiger partial charge in [0.15, 0.2) is 16.7 Å². The van der Waals surface area contributed by atoms with Crippen LogP contribution in [0, 0.1) is 0 Å². The molecule has 1 N–H and O–H groups in total. The summed E-state index contributed by atoms with van der Waals surface area (Å²) in [5, 5.41) is 4.44. The Kier molecular flexibility index (Phi) is 6.31. The lowest BCUT2D eigenvalue weighted by Gasteiger charge is -2.07. The van der Waals surface area contributed by atoms with Crippen molar-refractivity contribution in [3.05, 3.63) is 63.8 Å². The molecule has 6 nitrogen and oxygen atoms in total. The minimum atomic E-state index is -0.123. The van der Waals surface area contributed by atoms with Gasteiger partial charge in [-0.1, -0.05) is 28.1 Å². The second-order valence-corrected chi connectivity index (χ2v) is 7.25. The van der Waals surface area contributed by atoms with E-state index in [2.05, 4.69) is 31.4 Å². The molecule has 1 aliphatic rings. The SMILES string of the molecule is COc1ccc(C=NNC2=N/C(=C\c3ccc(Br)cc3)C(=O)S2)cc1OC. The van der Waals surface area contributed by atoms with Crippen LogP contribution < -0.4 is 14.9 Å². The van der Waals surface area contributed by atoms with Gasteiger partial charge in [0.2, 0.25) is 5.12 Å². The Hall–Kier alpha value is -2.58. The maximum atomic E-state index is 12.1. The first-order valence-electron chi connectivity index (χ1n) is 7.88. The third-order valence-corrected chi connectivity index (χ3v) is 4.87. The van der Waals surface area contributed by atoms with E-state index < -0.39 is 0 Å². The number of thioether (sulfide) groups is 1. The van der Waals surface area contributed by atoms with E-state index in [1.165, 1.54) is 0 Å². The number of rotatable bonds is 5. The van der Waals surface area contributed by atoms with E-state index in [4.69, 9.17) is 9.47 Å². The monoisotopic (exact) mass is 445 g/mol. The molecule has 2 aromatic carbocycles. The molecular formula is C19H16BrN3O3S. The summed E-state index contributed by atoms with van der Waals surface area (Å²) in [6.45, 7) is 0. The molecule has 0 unspecified atom stereocenters. The van der Waals surface area contributed by atoms with Gasteiger partial charge in [0, 0.05) is 4.47 Å². The lowest BCUT2D eigenvalue weighted by molar-refractivity contribution is -0.107. The third-order valence-electron chi connectivity index (χ3n) is 3.58. The molecule has 0 aliphatic carbocycles. The van der Waals surface area contributed by atoms with Crippen LogP contribution in [0.15, 0.2) is 62.7 Å². The molecule has 3 rings (SSSR count). The summed E-state index contributed by atoms with van der Waals surface area (Å²) >= 11 is 4.39. The second-order valence-electron chi connectivity index (χ2n) is 5.37. The number of benzene rings is 2. The minimum Gasteiger partial charge on any atom is -0.493 e. The first kappa shape index (κ1) is 19.2. The maximum Gasteiger partial charge on any atom is 0.245 e. The largest absolute Gasteiger partial charge is 0.493 e. The highest BCUT2D eigenvalue weighted by Gasteiger charge is 2.21. The van der Waals surface area contributed by atoms with Crippen LogP contribution in [0.4, 0.5) is 0 Å². The van der Waals surface area contributed by atoms with Crippen molar-refractivity contribution in [2.24, 2.45) is 10.1 Å². The predicted octanol–water partition coefficient (Wildman–Crippen LogP) is 4.06. The molecule has 8 heteroatoms. The van der Waals surface area contributed by atoms with Crippen LogP contribution in [-0.4, -0.2) is 30.7 Å². The summed E-state index contributed by atoms with van der Waals surface area (Å²) in [5.74, 6) is 1.26. The van der Waals surface area contributed by atoms with Gasteiger partial charge < -0.3 is 9.47 Å². The fourth-order valence-corrected chi connectivity index (χ4v) is 3.16. The summed E-state index contributed by atoms with van der Waals surface area (Å²) in [7, 11) is 3.16. The lowest BCUT2D eigenvalue weighted by atomic mass is 10.2. The van der Waals surface area contributed by atoms with E-state index >= 15 is 0 Å². The summed E-state index contributed by atoms with van der Waals surface area (Å²) in [6, 6.07) is 13.1. The molecule has 0 saturated carbocycles. The standard InChI is InChI=1S/C19H16BrN3O3S/c1-25-16-8-5-13(10-17(16)26-2)11-21-23-19-22-15(18(24)27-19)9-12-3-6-14(20)7-4-12/h3-11H,1-2H3,(H,22,23)/b15-9-,21-11?. The van der Waals surface area contributed by atoms with Crippen molar-refractivity contribution >= 4 is 50.3 Å². The van der Waals surface area contributed by atoms with Crippen LogP contribution in [0.2, 0.25) is 0 Å². The Labute approximate surface area is 169 Å². The van der Waals surface area contributed by atoms with Crippen molar-refractivity contribution in [3.8, 4) is 11.5 Å². The zero-order valence-corrected chi connectivity index (χ0v) is 17.0. The number of hydrogen-bond donors (Lipinski definition) is 1. The Bertz CT molecular complexity index is 940. The molecule has 0 radical (unpaired) electrons. The first-order chi connectivity index (χ1) is 13.1. The van der Waals surface area contributed by atoms with Gasteiger partial charge in [0.1, 0.15) is 5.70 Å². The predicted molar refractivity (Wildman–Crippen MR) is 112 cm³/mol. The summed E-state index contributed by atoms with van der Waals surface area (Å²) in [5.41, 5.74) is 4.90. The van der Waals surface area contributed by atoms with Crippen molar-refractivity contribution in [1.82, 2.24) is 5.43 Å². The highest BCUT2D eigenvalue weighted by atomic mass is 79.9. The number of carbonyl (C=O) groups is 1. The summed E-state index contributed by atoms with van der Waals surface area (Å²) in [6.07, 6.45) is 3.36. The quantitative estimate of drug-likeness (QED) is 0.426. The van der Waals surface area contributed by atoms with Crippen LogP contribution >= 0.6 is 27.7 Å². The molecule has 2 aromatic rings. The van der Waals surface area contributed by atoms with Crippen LogP contribution in [0.1, 0.15) is 11.1 Å². The van der Waals surface area contributed by atoms with Crippen molar-refractivity contribution < 1.29 is 14.3 Å². The number of halogens is 1. The smallest absolute Gasteiger partial charge is 0.245 e. The zero-order valence-electron chi connectivity index (χ0n) is 14.6. The molecule has 0 saturated heterocycles. The van der Waals surface area contributed by atoms with Crippen LogP contribution in [0.25, 0.3) is 6.08 Å². The highest BCUT2D eigenvalue weighted by molar-refractivity contribution is 9.10. The average Bonchev–Trinajstić information content (AvgIpc) is 3.02. The van der Waals surface area contributed by atoms with E-state index in [0.29, 0.717) is 22.4 Å². The van der Waals surface area contributed by atoms with Crippen LogP contribution in [-0.2, 0) is 4.79 Å². The first-order valence-corrected chi connectivity index (χ1v) is 9.49. The fraction of sp³-hybridized carbons (Fsp3) is 0.105. The summed E-state index contributed by atoms with van der Waals surface area (Å²) in [4.78, 5) is 16.4. The van der Waals surface area contributed by atoms with E-state index in [1.54, 1.807) is 38.6 Å². The second kappa shape index (κ2) is 8.88. The van der Waals surface area contributed by atoms with Crippen molar-refractivity contribution in [3.63, 3.8) is 0 Å². The molecule has 27 heavy (non-hydrogen) atoms. The zero-order chi connectivity index (χ0) is 19.2. The molecule has 0 fully saturated rings. The molecule has 1 heterocycles. The molecule has 0 spiro atoms.